The van der Waals surface area contributed by atoms with Gasteiger partial charge in [0.15, 0.2) is 0 Å². The van der Waals surface area contributed by atoms with Crippen molar-refractivity contribution in [3.8, 4) is 0 Å². The first-order valence-corrected chi connectivity index (χ1v) is 8.44. The summed E-state index contributed by atoms with van der Waals surface area (Å²) in [4.78, 5) is 18.9. The van der Waals surface area contributed by atoms with Crippen LogP contribution in [0.2, 0.25) is 0 Å². The molecule has 1 unspecified atom stereocenters. The number of carbonyl (C=O) groups is 1. The third-order valence-corrected chi connectivity index (χ3v) is 4.66. The Bertz CT molecular complexity index is 465. The SMILES string of the molecule is O=C(CC1CCCN1)NC1CCN(Cc2ccccn2)CC1. The molecular weight excluding hydrogens is 276 g/mol. The number of rotatable bonds is 5. The molecule has 1 atom stereocenters. The number of likely N-dealkylation sites (tertiary alicyclic amines) is 1. The minimum atomic E-state index is 0.211. The number of aromatic nitrogens is 1. The summed E-state index contributed by atoms with van der Waals surface area (Å²) >= 11 is 0. The van der Waals surface area contributed by atoms with Gasteiger partial charge < -0.3 is 10.6 Å². The molecule has 3 rings (SSSR count). The summed E-state index contributed by atoms with van der Waals surface area (Å²) < 4.78 is 0. The zero-order chi connectivity index (χ0) is 15.2. The molecule has 5 heteroatoms. The van der Waals surface area contributed by atoms with Crippen molar-refractivity contribution in [1.29, 1.82) is 0 Å². The molecular formula is C17H26N4O. The van der Waals surface area contributed by atoms with Crippen molar-refractivity contribution in [2.45, 2.75) is 50.7 Å². The second kappa shape index (κ2) is 7.70. The molecule has 2 N–H and O–H groups in total. The third kappa shape index (κ3) is 4.52. The normalized spacial score (nSPS) is 23.5. The number of hydrogen-bond acceptors (Lipinski definition) is 4. The number of nitrogens with one attached hydrogen (secondary N) is 2. The Hall–Kier alpha value is -1.46. The smallest absolute Gasteiger partial charge is 0.221 e. The first kappa shape index (κ1) is 15.4. The minimum Gasteiger partial charge on any atom is -0.353 e. The summed E-state index contributed by atoms with van der Waals surface area (Å²) in [5.41, 5.74) is 1.12. The largest absolute Gasteiger partial charge is 0.353 e. The van der Waals surface area contributed by atoms with Gasteiger partial charge in [-0.15, -0.1) is 0 Å². The van der Waals surface area contributed by atoms with Crippen molar-refractivity contribution in [2.75, 3.05) is 19.6 Å². The number of piperidine rings is 1. The number of carbonyl (C=O) groups excluding carboxylic acids is 1. The maximum atomic E-state index is 12.1. The van der Waals surface area contributed by atoms with Crippen molar-refractivity contribution in [3.05, 3.63) is 30.1 Å². The molecule has 1 aromatic rings. The highest BCUT2D eigenvalue weighted by molar-refractivity contribution is 5.76. The lowest BCUT2D eigenvalue weighted by Gasteiger charge is -2.32. The summed E-state index contributed by atoms with van der Waals surface area (Å²) in [5.74, 6) is 0.211. The van der Waals surface area contributed by atoms with E-state index in [0.717, 1.165) is 51.1 Å². The van der Waals surface area contributed by atoms with E-state index < -0.39 is 0 Å². The van der Waals surface area contributed by atoms with Crippen LogP contribution in [0.15, 0.2) is 24.4 Å². The zero-order valence-corrected chi connectivity index (χ0v) is 13.1. The highest BCUT2D eigenvalue weighted by Crippen LogP contribution is 2.14. The van der Waals surface area contributed by atoms with E-state index in [1.54, 1.807) is 0 Å². The fraction of sp³-hybridized carbons (Fsp3) is 0.647. The van der Waals surface area contributed by atoms with E-state index in [4.69, 9.17) is 0 Å². The lowest BCUT2D eigenvalue weighted by Crippen LogP contribution is -2.45. The van der Waals surface area contributed by atoms with Crippen molar-refractivity contribution < 1.29 is 4.79 Å². The predicted molar refractivity (Wildman–Crippen MR) is 86.3 cm³/mol. The van der Waals surface area contributed by atoms with Gasteiger partial charge in [0.2, 0.25) is 5.91 Å². The van der Waals surface area contributed by atoms with Crippen LogP contribution >= 0.6 is 0 Å². The summed E-state index contributed by atoms with van der Waals surface area (Å²) in [7, 11) is 0. The van der Waals surface area contributed by atoms with Gasteiger partial charge in [-0.3, -0.25) is 14.7 Å². The number of nitrogens with zero attached hydrogens (tertiary/aromatic N) is 2. The molecule has 0 aromatic carbocycles. The van der Waals surface area contributed by atoms with Gasteiger partial charge in [0, 0.05) is 44.3 Å². The van der Waals surface area contributed by atoms with Crippen LogP contribution < -0.4 is 10.6 Å². The number of pyridine rings is 1. The predicted octanol–water partition coefficient (Wildman–Crippen LogP) is 1.30. The molecule has 0 radical (unpaired) electrons. The van der Waals surface area contributed by atoms with E-state index >= 15 is 0 Å². The van der Waals surface area contributed by atoms with Crippen molar-refractivity contribution in [2.24, 2.45) is 0 Å². The van der Waals surface area contributed by atoms with E-state index in [-0.39, 0.29) is 5.91 Å². The molecule has 0 saturated carbocycles. The van der Waals surface area contributed by atoms with Gasteiger partial charge in [0.1, 0.15) is 0 Å². The Balaban J connectivity index is 1.37. The average molecular weight is 302 g/mol. The molecule has 22 heavy (non-hydrogen) atoms. The second-order valence-electron chi connectivity index (χ2n) is 6.44. The van der Waals surface area contributed by atoms with Gasteiger partial charge in [0.25, 0.3) is 0 Å². The highest BCUT2D eigenvalue weighted by Gasteiger charge is 2.23. The monoisotopic (exact) mass is 302 g/mol. The Labute approximate surface area is 132 Å². The molecule has 5 nitrogen and oxygen atoms in total. The first-order valence-electron chi connectivity index (χ1n) is 8.44. The van der Waals surface area contributed by atoms with Crippen molar-refractivity contribution in [1.82, 2.24) is 20.5 Å². The molecule has 3 heterocycles. The molecule has 0 aliphatic carbocycles. The molecule has 2 aliphatic rings. The van der Waals surface area contributed by atoms with Crippen LogP contribution in [0.3, 0.4) is 0 Å². The second-order valence-corrected chi connectivity index (χ2v) is 6.44. The minimum absolute atomic E-state index is 0.211. The Morgan fingerprint density at radius 2 is 2.18 bits per heavy atom. The first-order chi connectivity index (χ1) is 10.8. The van der Waals surface area contributed by atoms with Gasteiger partial charge in [-0.1, -0.05) is 6.07 Å². The molecule has 2 fully saturated rings. The van der Waals surface area contributed by atoms with Crippen molar-refractivity contribution in [3.63, 3.8) is 0 Å². The Morgan fingerprint density at radius 3 is 2.86 bits per heavy atom. The molecule has 1 aromatic heterocycles. The maximum Gasteiger partial charge on any atom is 0.221 e. The fourth-order valence-corrected chi connectivity index (χ4v) is 3.40. The fourth-order valence-electron chi connectivity index (χ4n) is 3.40. The van der Waals surface area contributed by atoms with Crippen molar-refractivity contribution >= 4 is 5.91 Å². The van der Waals surface area contributed by atoms with Crippen LogP contribution in [0.4, 0.5) is 0 Å². The molecule has 120 valence electrons. The van der Waals surface area contributed by atoms with Crippen LogP contribution in [-0.2, 0) is 11.3 Å². The van der Waals surface area contributed by atoms with Crippen LogP contribution in [0.1, 0.15) is 37.8 Å². The highest BCUT2D eigenvalue weighted by atomic mass is 16.1. The summed E-state index contributed by atoms with van der Waals surface area (Å²) in [6.45, 7) is 4.03. The van der Waals surface area contributed by atoms with Gasteiger partial charge in [-0.2, -0.15) is 0 Å². The topological polar surface area (TPSA) is 57.3 Å². The van der Waals surface area contributed by atoms with Gasteiger partial charge in [0.05, 0.1) is 5.69 Å². The molecule has 1 amide bonds. The standard InChI is InChI=1S/C17H26N4O/c22-17(12-15-5-3-9-18-15)20-14-6-10-21(11-7-14)13-16-4-1-2-8-19-16/h1-2,4,8,14-15,18H,3,5-7,9-13H2,(H,20,22). The molecule has 2 aliphatic heterocycles. The molecule has 0 spiro atoms. The van der Waals surface area contributed by atoms with Crippen LogP contribution in [0.25, 0.3) is 0 Å². The molecule has 0 bridgehead atoms. The Morgan fingerprint density at radius 1 is 1.32 bits per heavy atom. The number of amides is 1. The van der Waals surface area contributed by atoms with E-state index in [1.807, 2.05) is 18.3 Å². The third-order valence-electron chi connectivity index (χ3n) is 4.66. The van der Waals surface area contributed by atoms with Gasteiger partial charge in [-0.25, -0.2) is 0 Å². The lowest BCUT2D eigenvalue weighted by molar-refractivity contribution is -0.122. The zero-order valence-electron chi connectivity index (χ0n) is 13.1. The van der Waals surface area contributed by atoms with Crippen LogP contribution in [0, 0.1) is 0 Å². The average Bonchev–Trinajstić information content (AvgIpc) is 3.03. The van der Waals surface area contributed by atoms with E-state index in [1.165, 1.54) is 6.42 Å². The van der Waals surface area contributed by atoms with Crippen LogP contribution in [0.5, 0.6) is 0 Å². The maximum absolute atomic E-state index is 12.1. The number of hydrogen-bond donors (Lipinski definition) is 2. The van der Waals surface area contributed by atoms with E-state index in [0.29, 0.717) is 18.5 Å². The lowest BCUT2D eigenvalue weighted by atomic mass is 10.0. The summed E-state index contributed by atoms with van der Waals surface area (Å²) in [6, 6.07) is 6.79. The van der Waals surface area contributed by atoms with Gasteiger partial charge in [-0.05, 0) is 44.4 Å². The summed E-state index contributed by atoms with van der Waals surface area (Å²) in [6.07, 6.45) is 6.89. The quantitative estimate of drug-likeness (QED) is 0.861. The summed E-state index contributed by atoms with van der Waals surface area (Å²) in [5, 5.41) is 6.59. The van der Waals surface area contributed by atoms with E-state index in [9.17, 15) is 4.79 Å². The van der Waals surface area contributed by atoms with Crippen LogP contribution in [-0.4, -0.2) is 47.5 Å². The Kier molecular flexibility index (Phi) is 5.40. The molecule has 2 saturated heterocycles. The van der Waals surface area contributed by atoms with E-state index in [2.05, 4.69) is 26.6 Å². The van der Waals surface area contributed by atoms with Gasteiger partial charge >= 0.3 is 0 Å².